The SMILES string of the molecule is CCNC(=O)c1noc(-c2ccc3c(c2)CNCC3)n1. The molecule has 2 aromatic rings. The van der Waals surface area contributed by atoms with E-state index in [1.807, 2.05) is 19.1 Å². The molecular formula is C14H16N4O2. The molecule has 0 saturated carbocycles. The smallest absolute Gasteiger partial charge is 0.292 e. The van der Waals surface area contributed by atoms with Gasteiger partial charge in [-0.25, -0.2) is 0 Å². The molecule has 0 spiro atoms. The quantitative estimate of drug-likeness (QED) is 0.875. The summed E-state index contributed by atoms with van der Waals surface area (Å²) in [6, 6.07) is 6.08. The van der Waals surface area contributed by atoms with Gasteiger partial charge in [-0.2, -0.15) is 4.98 Å². The zero-order chi connectivity index (χ0) is 13.9. The highest BCUT2D eigenvalue weighted by Crippen LogP contribution is 2.23. The van der Waals surface area contributed by atoms with Crippen LogP contribution in [0.3, 0.4) is 0 Å². The monoisotopic (exact) mass is 272 g/mol. The fourth-order valence-corrected chi connectivity index (χ4v) is 2.29. The van der Waals surface area contributed by atoms with E-state index in [4.69, 9.17) is 4.52 Å². The summed E-state index contributed by atoms with van der Waals surface area (Å²) in [6.07, 6.45) is 1.03. The molecular weight excluding hydrogens is 256 g/mol. The fourth-order valence-electron chi connectivity index (χ4n) is 2.29. The van der Waals surface area contributed by atoms with Gasteiger partial charge in [0.1, 0.15) is 0 Å². The van der Waals surface area contributed by atoms with E-state index < -0.39 is 0 Å². The van der Waals surface area contributed by atoms with Gasteiger partial charge in [0.25, 0.3) is 17.6 Å². The molecule has 0 unspecified atom stereocenters. The largest absolute Gasteiger partial charge is 0.349 e. The first-order valence-electron chi connectivity index (χ1n) is 6.72. The molecule has 0 aliphatic carbocycles. The van der Waals surface area contributed by atoms with E-state index in [1.54, 1.807) is 0 Å². The topological polar surface area (TPSA) is 80.0 Å². The van der Waals surface area contributed by atoms with Crippen molar-refractivity contribution in [2.45, 2.75) is 19.9 Å². The minimum atomic E-state index is -0.317. The summed E-state index contributed by atoms with van der Waals surface area (Å²) in [5, 5.41) is 9.68. The van der Waals surface area contributed by atoms with Gasteiger partial charge in [0.05, 0.1) is 0 Å². The first-order valence-corrected chi connectivity index (χ1v) is 6.72. The third kappa shape index (κ3) is 2.42. The average molecular weight is 272 g/mol. The number of nitrogens with one attached hydrogen (secondary N) is 2. The summed E-state index contributed by atoms with van der Waals surface area (Å²) >= 11 is 0. The minimum absolute atomic E-state index is 0.0673. The van der Waals surface area contributed by atoms with E-state index in [2.05, 4.69) is 26.8 Å². The number of carbonyl (C=O) groups is 1. The van der Waals surface area contributed by atoms with E-state index in [-0.39, 0.29) is 11.7 Å². The highest BCUT2D eigenvalue weighted by atomic mass is 16.5. The van der Waals surface area contributed by atoms with Crippen molar-refractivity contribution >= 4 is 5.91 Å². The number of benzene rings is 1. The van der Waals surface area contributed by atoms with Gasteiger partial charge < -0.3 is 15.2 Å². The van der Waals surface area contributed by atoms with Gasteiger partial charge in [-0.05, 0) is 43.1 Å². The Balaban J connectivity index is 1.87. The molecule has 6 nitrogen and oxygen atoms in total. The Bertz CT molecular complexity index is 636. The van der Waals surface area contributed by atoms with Crippen molar-refractivity contribution < 1.29 is 9.32 Å². The molecule has 6 heteroatoms. The molecule has 1 amide bonds. The van der Waals surface area contributed by atoms with Gasteiger partial charge in [-0.3, -0.25) is 4.79 Å². The second-order valence-corrected chi connectivity index (χ2v) is 4.69. The van der Waals surface area contributed by atoms with Crippen LogP contribution >= 0.6 is 0 Å². The molecule has 104 valence electrons. The Labute approximate surface area is 116 Å². The second kappa shape index (κ2) is 5.42. The molecule has 1 aromatic carbocycles. The highest BCUT2D eigenvalue weighted by Gasteiger charge is 2.16. The van der Waals surface area contributed by atoms with E-state index in [0.717, 1.165) is 25.1 Å². The minimum Gasteiger partial charge on any atom is -0.349 e. The maximum atomic E-state index is 11.6. The number of hydrogen-bond donors (Lipinski definition) is 2. The Hall–Kier alpha value is -2.21. The van der Waals surface area contributed by atoms with Crippen molar-refractivity contribution in [3.63, 3.8) is 0 Å². The second-order valence-electron chi connectivity index (χ2n) is 4.69. The van der Waals surface area contributed by atoms with Gasteiger partial charge in [-0.15, -0.1) is 0 Å². The van der Waals surface area contributed by atoms with Gasteiger partial charge >= 0.3 is 0 Å². The lowest BCUT2D eigenvalue weighted by Gasteiger charge is -2.16. The van der Waals surface area contributed by atoms with Crippen LogP contribution in [0.1, 0.15) is 28.7 Å². The Morgan fingerprint density at radius 3 is 3.20 bits per heavy atom. The number of rotatable bonds is 3. The predicted molar refractivity (Wildman–Crippen MR) is 73.2 cm³/mol. The van der Waals surface area contributed by atoms with Crippen LogP contribution in [-0.2, 0) is 13.0 Å². The summed E-state index contributed by atoms with van der Waals surface area (Å²) in [5.74, 6) is 0.124. The van der Waals surface area contributed by atoms with E-state index in [0.29, 0.717) is 12.4 Å². The molecule has 0 atom stereocenters. The Morgan fingerprint density at radius 1 is 1.45 bits per heavy atom. The standard InChI is InChI=1S/C14H16N4O2/c1-2-16-13(19)12-17-14(20-18-12)10-4-3-9-5-6-15-8-11(9)7-10/h3-4,7,15H,2,5-6,8H2,1H3,(H,16,19). The van der Waals surface area contributed by atoms with E-state index in [9.17, 15) is 4.79 Å². The van der Waals surface area contributed by atoms with Crippen molar-refractivity contribution in [3.8, 4) is 11.5 Å². The number of aromatic nitrogens is 2. The van der Waals surface area contributed by atoms with Crippen LogP contribution in [0.25, 0.3) is 11.5 Å². The first-order chi connectivity index (χ1) is 9.78. The summed E-state index contributed by atoms with van der Waals surface area (Å²) < 4.78 is 5.17. The molecule has 0 radical (unpaired) electrons. The zero-order valence-corrected chi connectivity index (χ0v) is 11.3. The predicted octanol–water partition coefficient (Wildman–Crippen LogP) is 1.13. The van der Waals surface area contributed by atoms with Crippen LogP contribution in [0.4, 0.5) is 0 Å². The lowest BCUT2D eigenvalue weighted by atomic mass is 9.98. The van der Waals surface area contributed by atoms with E-state index in [1.165, 1.54) is 11.1 Å². The molecule has 0 fully saturated rings. The van der Waals surface area contributed by atoms with Crippen molar-refractivity contribution in [2.75, 3.05) is 13.1 Å². The third-order valence-corrected chi connectivity index (χ3v) is 3.31. The Morgan fingerprint density at radius 2 is 2.35 bits per heavy atom. The molecule has 0 saturated heterocycles. The number of nitrogens with zero attached hydrogens (tertiary/aromatic N) is 2. The molecule has 2 heterocycles. The highest BCUT2D eigenvalue weighted by molar-refractivity contribution is 5.90. The number of fused-ring (bicyclic) bond motifs is 1. The van der Waals surface area contributed by atoms with Gasteiger partial charge in [-0.1, -0.05) is 11.2 Å². The first kappa shape index (κ1) is 12.8. The number of carbonyl (C=O) groups excluding carboxylic acids is 1. The zero-order valence-electron chi connectivity index (χ0n) is 11.3. The van der Waals surface area contributed by atoms with Crippen LogP contribution in [0.15, 0.2) is 22.7 Å². The molecule has 2 N–H and O–H groups in total. The maximum absolute atomic E-state index is 11.6. The normalized spacial score (nSPS) is 13.8. The van der Waals surface area contributed by atoms with Crippen LogP contribution < -0.4 is 10.6 Å². The lowest BCUT2D eigenvalue weighted by molar-refractivity contribution is 0.0942. The summed E-state index contributed by atoms with van der Waals surface area (Å²) in [7, 11) is 0. The molecule has 1 aliphatic rings. The third-order valence-electron chi connectivity index (χ3n) is 3.31. The van der Waals surface area contributed by atoms with Crippen LogP contribution in [0, 0.1) is 0 Å². The van der Waals surface area contributed by atoms with Gasteiger partial charge in [0.15, 0.2) is 0 Å². The summed E-state index contributed by atoms with van der Waals surface area (Å²) in [5.41, 5.74) is 3.43. The van der Waals surface area contributed by atoms with Crippen LogP contribution in [0.2, 0.25) is 0 Å². The fraction of sp³-hybridized carbons (Fsp3) is 0.357. The van der Waals surface area contributed by atoms with Crippen molar-refractivity contribution in [2.24, 2.45) is 0 Å². The molecule has 1 aromatic heterocycles. The van der Waals surface area contributed by atoms with Crippen molar-refractivity contribution in [1.29, 1.82) is 0 Å². The molecule has 20 heavy (non-hydrogen) atoms. The summed E-state index contributed by atoms with van der Waals surface area (Å²) in [4.78, 5) is 15.8. The number of hydrogen-bond acceptors (Lipinski definition) is 5. The van der Waals surface area contributed by atoms with Crippen LogP contribution in [0.5, 0.6) is 0 Å². The Kier molecular flexibility index (Phi) is 3.47. The molecule has 0 bridgehead atoms. The summed E-state index contributed by atoms with van der Waals surface area (Å²) in [6.45, 7) is 4.23. The maximum Gasteiger partial charge on any atom is 0.292 e. The van der Waals surface area contributed by atoms with Crippen molar-refractivity contribution in [1.82, 2.24) is 20.8 Å². The van der Waals surface area contributed by atoms with E-state index >= 15 is 0 Å². The lowest BCUT2D eigenvalue weighted by Crippen LogP contribution is -2.23. The van der Waals surface area contributed by atoms with Gasteiger partial charge in [0.2, 0.25) is 0 Å². The average Bonchev–Trinajstić information content (AvgIpc) is 2.97. The molecule has 1 aliphatic heterocycles. The van der Waals surface area contributed by atoms with Gasteiger partial charge in [0, 0.05) is 18.7 Å². The molecule has 3 rings (SSSR count). The van der Waals surface area contributed by atoms with Crippen molar-refractivity contribution in [3.05, 3.63) is 35.2 Å². The van der Waals surface area contributed by atoms with Crippen LogP contribution in [-0.4, -0.2) is 29.1 Å². The number of amides is 1.